The van der Waals surface area contributed by atoms with Crippen LogP contribution in [0.1, 0.15) is 18.9 Å². The highest BCUT2D eigenvalue weighted by molar-refractivity contribution is 5.70. The van der Waals surface area contributed by atoms with E-state index in [-0.39, 0.29) is 5.92 Å². The average molecular weight is 182 g/mol. The molecule has 13 heavy (non-hydrogen) atoms. The van der Waals surface area contributed by atoms with E-state index < -0.39 is 5.97 Å². The number of nitrogens with zero attached hydrogens (tertiary/aromatic N) is 2. The van der Waals surface area contributed by atoms with Gasteiger partial charge in [-0.25, -0.2) is 0 Å². The Labute approximate surface area is 77.2 Å². The first-order valence-electron chi connectivity index (χ1n) is 4.33. The van der Waals surface area contributed by atoms with Crippen LogP contribution in [0, 0.1) is 5.92 Å². The number of carboxylic acids is 1. The fourth-order valence-corrected chi connectivity index (χ4v) is 1.27. The predicted molar refractivity (Wildman–Crippen MR) is 48.3 cm³/mol. The fourth-order valence-electron chi connectivity index (χ4n) is 1.27. The zero-order valence-corrected chi connectivity index (χ0v) is 7.90. The van der Waals surface area contributed by atoms with Gasteiger partial charge in [0, 0.05) is 13.2 Å². The molecular formula is C9H14N2O2. The third-order valence-electron chi connectivity index (χ3n) is 2.08. The van der Waals surface area contributed by atoms with Gasteiger partial charge in [0.15, 0.2) is 0 Å². The monoisotopic (exact) mass is 182 g/mol. The lowest BCUT2D eigenvalue weighted by Crippen LogP contribution is -2.14. The quantitative estimate of drug-likeness (QED) is 0.757. The zero-order valence-electron chi connectivity index (χ0n) is 7.90. The summed E-state index contributed by atoms with van der Waals surface area (Å²) < 4.78 is 1.68. The normalized spacial score (nSPS) is 12.8. The molecule has 1 rings (SSSR count). The van der Waals surface area contributed by atoms with Crippen LogP contribution in [-0.4, -0.2) is 20.9 Å². The predicted octanol–water partition coefficient (Wildman–Crippen LogP) is 1.07. The molecule has 0 amide bonds. The van der Waals surface area contributed by atoms with Crippen LogP contribution < -0.4 is 0 Å². The third-order valence-corrected chi connectivity index (χ3v) is 2.08. The highest BCUT2D eigenvalue weighted by Gasteiger charge is 2.15. The Balaban J connectivity index is 2.61. The highest BCUT2D eigenvalue weighted by Crippen LogP contribution is 2.11. The van der Waals surface area contributed by atoms with Crippen molar-refractivity contribution in [2.24, 2.45) is 13.0 Å². The van der Waals surface area contributed by atoms with E-state index >= 15 is 0 Å². The van der Waals surface area contributed by atoms with Crippen molar-refractivity contribution in [2.75, 3.05) is 0 Å². The molecule has 0 bridgehead atoms. The number of aryl methyl sites for hydroxylation is 1. The zero-order chi connectivity index (χ0) is 9.84. The van der Waals surface area contributed by atoms with Gasteiger partial charge in [-0.05, 0) is 18.4 Å². The SMILES string of the molecule is CCC(Cc1cnn(C)c1)C(=O)O. The topological polar surface area (TPSA) is 55.1 Å². The van der Waals surface area contributed by atoms with Crippen LogP contribution in [0.4, 0.5) is 0 Å². The molecular weight excluding hydrogens is 168 g/mol. The Kier molecular flexibility index (Phi) is 3.06. The molecule has 72 valence electrons. The number of rotatable bonds is 4. The molecule has 1 aromatic rings. The first-order chi connectivity index (χ1) is 6.13. The van der Waals surface area contributed by atoms with E-state index in [1.165, 1.54) is 0 Å². The van der Waals surface area contributed by atoms with Gasteiger partial charge in [-0.15, -0.1) is 0 Å². The van der Waals surface area contributed by atoms with Crippen LogP contribution in [0.25, 0.3) is 0 Å². The summed E-state index contributed by atoms with van der Waals surface area (Å²) in [5.74, 6) is -1.02. The highest BCUT2D eigenvalue weighted by atomic mass is 16.4. The van der Waals surface area contributed by atoms with Crippen molar-refractivity contribution in [3.05, 3.63) is 18.0 Å². The second-order valence-corrected chi connectivity index (χ2v) is 3.17. The van der Waals surface area contributed by atoms with Gasteiger partial charge in [-0.2, -0.15) is 5.10 Å². The van der Waals surface area contributed by atoms with Crippen molar-refractivity contribution in [1.29, 1.82) is 0 Å². The van der Waals surface area contributed by atoms with E-state index in [0.29, 0.717) is 12.8 Å². The first-order valence-corrected chi connectivity index (χ1v) is 4.33. The van der Waals surface area contributed by atoms with E-state index in [9.17, 15) is 4.79 Å². The number of hydrogen-bond donors (Lipinski definition) is 1. The Morgan fingerprint density at radius 3 is 2.85 bits per heavy atom. The maximum Gasteiger partial charge on any atom is 0.306 e. The van der Waals surface area contributed by atoms with E-state index in [2.05, 4.69) is 5.10 Å². The lowest BCUT2D eigenvalue weighted by molar-refractivity contribution is -0.141. The molecule has 0 spiro atoms. The molecule has 0 radical (unpaired) electrons. The molecule has 1 unspecified atom stereocenters. The summed E-state index contributed by atoms with van der Waals surface area (Å²) in [5.41, 5.74) is 0.983. The smallest absolute Gasteiger partial charge is 0.306 e. The molecule has 1 aromatic heterocycles. The first kappa shape index (κ1) is 9.77. The van der Waals surface area contributed by atoms with Gasteiger partial charge in [-0.3, -0.25) is 9.48 Å². The maximum atomic E-state index is 10.7. The summed E-state index contributed by atoms with van der Waals surface area (Å²) in [6.45, 7) is 1.88. The molecule has 1 atom stereocenters. The minimum Gasteiger partial charge on any atom is -0.481 e. The molecule has 0 fully saturated rings. The van der Waals surface area contributed by atoms with Gasteiger partial charge < -0.3 is 5.11 Å². The summed E-state index contributed by atoms with van der Waals surface area (Å²) in [6.07, 6.45) is 4.79. The standard InChI is InChI=1S/C9H14N2O2/c1-3-8(9(12)13)4-7-5-10-11(2)6-7/h5-6,8H,3-4H2,1-2H3,(H,12,13). The van der Waals surface area contributed by atoms with Crippen LogP contribution in [0.3, 0.4) is 0 Å². The second-order valence-electron chi connectivity index (χ2n) is 3.17. The Bertz CT molecular complexity index is 294. The molecule has 0 aliphatic heterocycles. The van der Waals surface area contributed by atoms with Crippen molar-refractivity contribution < 1.29 is 9.90 Å². The van der Waals surface area contributed by atoms with E-state index in [0.717, 1.165) is 5.56 Å². The summed E-state index contributed by atoms with van der Waals surface area (Å²) in [5, 5.41) is 12.8. The van der Waals surface area contributed by atoms with Gasteiger partial charge in [0.05, 0.1) is 12.1 Å². The van der Waals surface area contributed by atoms with Crippen LogP contribution >= 0.6 is 0 Å². The molecule has 0 aromatic carbocycles. The number of carboxylic acid groups (broad SMARTS) is 1. The van der Waals surface area contributed by atoms with Gasteiger partial charge in [0.2, 0.25) is 0 Å². The number of aliphatic carboxylic acids is 1. The summed E-state index contributed by atoms with van der Waals surface area (Å²) >= 11 is 0. The van der Waals surface area contributed by atoms with Crippen LogP contribution in [0.15, 0.2) is 12.4 Å². The molecule has 0 saturated heterocycles. The van der Waals surface area contributed by atoms with Crippen molar-refractivity contribution in [3.63, 3.8) is 0 Å². The van der Waals surface area contributed by atoms with Gasteiger partial charge in [-0.1, -0.05) is 6.92 Å². The van der Waals surface area contributed by atoms with E-state index in [4.69, 9.17) is 5.11 Å². The summed E-state index contributed by atoms with van der Waals surface area (Å²) in [7, 11) is 1.82. The number of hydrogen-bond acceptors (Lipinski definition) is 2. The Hall–Kier alpha value is -1.32. The Morgan fingerprint density at radius 1 is 1.77 bits per heavy atom. The molecule has 1 heterocycles. The molecule has 0 saturated carbocycles. The molecule has 4 nitrogen and oxygen atoms in total. The summed E-state index contributed by atoms with van der Waals surface area (Å²) in [6, 6.07) is 0. The fraction of sp³-hybridized carbons (Fsp3) is 0.556. The van der Waals surface area contributed by atoms with Crippen molar-refractivity contribution >= 4 is 5.97 Å². The van der Waals surface area contributed by atoms with E-state index in [1.807, 2.05) is 20.2 Å². The molecule has 0 aliphatic rings. The van der Waals surface area contributed by atoms with Crippen molar-refractivity contribution in [1.82, 2.24) is 9.78 Å². The Morgan fingerprint density at radius 2 is 2.46 bits per heavy atom. The van der Waals surface area contributed by atoms with Crippen molar-refractivity contribution in [2.45, 2.75) is 19.8 Å². The largest absolute Gasteiger partial charge is 0.481 e. The van der Waals surface area contributed by atoms with E-state index in [1.54, 1.807) is 10.9 Å². The van der Waals surface area contributed by atoms with Gasteiger partial charge >= 0.3 is 5.97 Å². The summed E-state index contributed by atoms with van der Waals surface area (Å²) in [4.78, 5) is 10.7. The van der Waals surface area contributed by atoms with Crippen LogP contribution in [0.5, 0.6) is 0 Å². The molecule has 4 heteroatoms. The minimum atomic E-state index is -0.730. The van der Waals surface area contributed by atoms with Crippen LogP contribution in [-0.2, 0) is 18.3 Å². The molecule has 1 N–H and O–H groups in total. The lowest BCUT2D eigenvalue weighted by atomic mass is 9.99. The maximum absolute atomic E-state index is 10.7. The van der Waals surface area contributed by atoms with Gasteiger partial charge in [0.1, 0.15) is 0 Å². The lowest BCUT2D eigenvalue weighted by Gasteiger charge is -2.06. The average Bonchev–Trinajstić information content (AvgIpc) is 2.46. The minimum absolute atomic E-state index is 0.288. The molecule has 0 aliphatic carbocycles. The number of carbonyl (C=O) groups is 1. The number of aromatic nitrogens is 2. The third kappa shape index (κ3) is 2.57. The van der Waals surface area contributed by atoms with Crippen LogP contribution in [0.2, 0.25) is 0 Å². The van der Waals surface area contributed by atoms with Gasteiger partial charge in [0.25, 0.3) is 0 Å². The van der Waals surface area contributed by atoms with Crippen molar-refractivity contribution in [3.8, 4) is 0 Å². The second kappa shape index (κ2) is 4.07.